The van der Waals surface area contributed by atoms with E-state index in [4.69, 9.17) is 0 Å². The van der Waals surface area contributed by atoms with Crippen LogP contribution < -0.4 is 0 Å². The molecule has 98 valence electrons. The maximum atomic E-state index is 12.5. The molecule has 1 saturated carbocycles. The molecule has 1 aromatic rings. The lowest BCUT2D eigenvalue weighted by Gasteiger charge is -2.16. The van der Waals surface area contributed by atoms with Gasteiger partial charge in [-0.15, -0.1) is 11.3 Å². The standard InChI is InChI=1S/C14H12BrNO2S/c15-9-3-4-19-10(9)6-16-13(17)11-7-1-2-8(5-7)12(11)14(16)18/h1-4,7-8,11-12H,5-6H2. The van der Waals surface area contributed by atoms with E-state index in [0.29, 0.717) is 18.4 Å². The number of imide groups is 1. The van der Waals surface area contributed by atoms with Crippen LogP contribution in [0.25, 0.3) is 0 Å². The highest BCUT2D eigenvalue weighted by molar-refractivity contribution is 9.10. The Morgan fingerprint density at radius 2 is 1.84 bits per heavy atom. The Labute approximate surface area is 123 Å². The summed E-state index contributed by atoms with van der Waals surface area (Å²) in [4.78, 5) is 27.5. The maximum absolute atomic E-state index is 12.5. The van der Waals surface area contributed by atoms with Crippen LogP contribution in [0.3, 0.4) is 0 Å². The third-order valence-electron chi connectivity index (χ3n) is 4.55. The molecule has 2 heterocycles. The quantitative estimate of drug-likeness (QED) is 0.614. The van der Waals surface area contributed by atoms with E-state index in [-0.39, 0.29) is 23.7 Å². The molecular weight excluding hydrogens is 326 g/mol. The number of rotatable bonds is 2. The number of fused-ring (bicyclic) bond motifs is 5. The first kappa shape index (κ1) is 11.9. The summed E-state index contributed by atoms with van der Waals surface area (Å²) < 4.78 is 0.983. The molecular formula is C14H12BrNO2S. The molecule has 0 radical (unpaired) electrons. The minimum Gasteiger partial charge on any atom is -0.277 e. The van der Waals surface area contributed by atoms with Gasteiger partial charge in [-0.05, 0) is 45.6 Å². The Morgan fingerprint density at radius 3 is 2.37 bits per heavy atom. The van der Waals surface area contributed by atoms with E-state index >= 15 is 0 Å². The Hall–Kier alpha value is -0.940. The van der Waals surface area contributed by atoms with Crippen molar-refractivity contribution in [2.24, 2.45) is 23.7 Å². The number of carbonyl (C=O) groups excluding carboxylic acids is 2. The minimum absolute atomic E-state index is 0.0344. The third kappa shape index (κ3) is 1.54. The summed E-state index contributed by atoms with van der Waals surface area (Å²) in [5.74, 6) is 0.494. The van der Waals surface area contributed by atoms with Crippen molar-refractivity contribution in [3.63, 3.8) is 0 Å². The van der Waals surface area contributed by atoms with E-state index < -0.39 is 0 Å². The predicted molar refractivity (Wildman–Crippen MR) is 75.3 cm³/mol. The van der Waals surface area contributed by atoms with Crippen molar-refractivity contribution in [2.45, 2.75) is 13.0 Å². The van der Waals surface area contributed by atoms with Gasteiger partial charge in [0, 0.05) is 9.35 Å². The van der Waals surface area contributed by atoms with E-state index in [9.17, 15) is 9.59 Å². The highest BCUT2D eigenvalue weighted by Crippen LogP contribution is 2.52. The summed E-state index contributed by atoms with van der Waals surface area (Å²) in [6.45, 7) is 0.419. The van der Waals surface area contributed by atoms with Crippen LogP contribution in [-0.4, -0.2) is 16.7 Å². The SMILES string of the molecule is O=C1C2C3C=CC(C3)C2C(=O)N1Cc1sccc1Br. The van der Waals surface area contributed by atoms with E-state index in [1.54, 1.807) is 11.3 Å². The number of thiophene rings is 1. The first-order valence-electron chi connectivity index (χ1n) is 6.42. The van der Waals surface area contributed by atoms with E-state index in [1.807, 2.05) is 11.4 Å². The maximum Gasteiger partial charge on any atom is 0.234 e. The number of hydrogen-bond acceptors (Lipinski definition) is 3. The van der Waals surface area contributed by atoms with Gasteiger partial charge in [0.15, 0.2) is 0 Å². The second kappa shape index (κ2) is 4.03. The summed E-state index contributed by atoms with van der Waals surface area (Å²) in [6.07, 6.45) is 5.24. The smallest absolute Gasteiger partial charge is 0.234 e. The van der Waals surface area contributed by atoms with Crippen molar-refractivity contribution >= 4 is 39.1 Å². The molecule has 1 aromatic heterocycles. The largest absolute Gasteiger partial charge is 0.277 e. The molecule has 2 amide bonds. The summed E-state index contributed by atoms with van der Waals surface area (Å²) in [6, 6.07) is 1.96. The van der Waals surface area contributed by atoms with Gasteiger partial charge in [-0.2, -0.15) is 0 Å². The van der Waals surface area contributed by atoms with Crippen molar-refractivity contribution in [3.05, 3.63) is 32.9 Å². The van der Waals surface area contributed by atoms with Gasteiger partial charge in [-0.1, -0.05) is 12.2 Å². The van der Waals surface area contributed by atoms with Crippen LogP contribution in [0.5, 0.6) is 0 Å². The second-order valence-corrected chi connectivity index (χ2v) is 7.31. The number of halogens is 1. The lowest BCUT2D eigenvalue weighted by atomic mass is 9.85. The van der Waals surface area contributed by atoms with Crippen molar-refractivity contribution in [1.82, 2.24) is 4.90 Å². The third-order valence-corrected chi connectivity index (χ3v) is 6.47. The monoisotopic (exact) mass is 337 g/mol. The van der Waals surface area contributed by atoms with Crippen molar-refractivity contribution in [2.75, 3.05) is 0 Å². The fourth-order valence-corrected chi connectivity index (χ4v) is 5.17. The zero-order chi connectivity index (χ0) is 13.1. The Bertz CT molecular complexity index is 578. The Morgan fingerprint density at radius 1 is 1.21 bits per heavy atom. The van der Waals surface area contributed by atoms with Gasteiger partial charge < -0.3 is 0 Å². The van der Waals surface area contributed by atoms with Crippen LogP contribution >= 0.6 is 27.3 Å². The fraction of sp³-hybridized carbons (Fsp3) is 0.429. The number of hydrogen-bond donors (Lipinski definition) is 0. The van der Waals surface area contributed by atoms with Crippen molar-refractivity contribution in [3.8, 4) is 0 Å². The zero-order valence-corrected chi connectivity index (χ0v) is 12.5. The minimum atomic E-state index is -0.0822. The number of likely N-dealkylation sites (tertiary alicyclic amines) is 1. The molecule has 2 aliphatic carbocycles. The van der Waals surface area contributed by atoms with E-state index in [2.05, 4.69) is 28.1 Å². The number of carbonyl (C=O) groups is 2. The van der Waals surface area contributed by atoms with Gasteiger partial charge in [0.1, 0.15) is 0 Å². The molecule has 1 aliphatic heterocycles. The number of amides is 2. The molecule has 2 bridgehead atoms. The van der Waals surface area contributed by atoms with Gasteiger partial charge in [-0.25, -0.2) is 0 Å². The normalized spacial score (nSPS) is 35.5. The van der Waals surface area contributed by atoms with Crippen molar-refractivity contribution in [1.29, 1.82) is 0 Å². The molecule has 19 heavy (non-hydrogen) atoms. The van der Waals surface area contributed by atoms with Crippen LogP contribution in [-0.2, 0) is 16.1 Å². The lowest BCUT2D eigenvalue weighted by Crippen LogP contribution is -2.32. The highest BCUT2D eigenvalue weighted by atomic mass is 79.9. The molecule has 1 saturated heterocycles. The van der Waals surface area contributed by atoms with Crippen LogP contribution in [0, 0.1) is 23.7 Å². The van der Waals surface area contributed by atoms with E-state index in [0.717, 1.165) is 15.8 Å². The number of allylic oxidation sites excluding steroid dienone is 2. The topological polar surface area (TPSA) is 37.4 Å². The Kier molecular flexibility index (Phi) is 2.51. The van der Waals surface area contributed by atoms with Crippen LogP contribution in [0.4, 0.5) is 0 Å². The molecule has 3 aliphatic rings. The van der Waals surface area contributed by atoms with Gasteiger partial charge in [0.2, 0.25) is 11.8 Å². The summed E-state index contributed by atoms with van der Waals surface area (Å²) >= 11 is 5.04. The molecule has 2 fully saturated rings. The first-order chi connectivity index (χ1) is 9.16. The molecule has 5 heteroatoms. The molecule has 4 rings (SSSR count). The molecule has 0 aromatic carbocycles. The fourth-order valence-electron chi connectivity index (χ4n) is 3.70. The molecule has 4 unspecified atom stereocenters. The average Bonchev–Trinajstić information content (AvgIpc) is 3.12. The van der Waals surface area contributed by atoms with Gasteiger partial charge >= 0.3 is 0 Å². The molecule has 0 spiro atoms. The summed E-state index contributed by atoms with van der Waals surface area (Å²) in [5.41, 5.74) is 0. The van der Waals surface area contributed by atoms with Crippen LogP contribution in [0.15, 0.2) is 28.1 Å². The molecule has 3 nitrogen and oxygen atoms in total. The zero-order valence-electron chi connectivity index (χ0n) is 10.1. The van der Waals surface area contributed by atoms with Crippen LogP contribution in [0.2, 0.25) is 0 Å². The van der Waals surface area contributed by atoms with E-state index in [1.165, 1.54) is 4.90 Å². The second-order valence-electron chi connectivity index (χ2n) is 5.45. The number of nitrogens with zero attached hydrogens (tertiary/aromatic N) is 1. The van der Waals surface area contributed by atoms with Gasteiger partial charge in [0.25, 0.3) is 0 Å². The average molecular weight is 338 g/mol. The van der Waals surface area contributed by atoms with Gasteiger partial charge in [0.05, 0.1) is 18.4 Å². The molecule has 0 N–H and O–H groups in total. The molecule has 4 atom stereocenters. The lowest BCUT2D eigenvalue weighted by molar-refractivity contribution is -0.141. The predicted octanol–water partition coefficient (Wildman–Crippen LogP) is 2.82. The van der Waals surface area contributed by atoms with Gasteiger partial charge in [-0.3, -0.25) is 14.5 Å². The first-order valence-corrected chi connectivity index (χ1v) is 8.09. The highest BCUT2D eigenvalue weighted by Gasteiger charge is 2.59. The Balaban J connectivity index is 1.64. The van der Waals surface area contributed by atoms with Crippen LogP contribution in [0.1, 0.15) is 11.3 Å². The van der Waals surface area contributed by atoms with Crippen molar-refractivity contribution < 1.29 is 9.59 Å². The summed E-state index contributed by atoms with van der Waals surface area (Å²) in [5, 5.41) is 1.97. The summed E-state index contributed by atoms with van der Waals surface area (Å²) in [7, 11) is 0.